The van der Waals surface area contributed by atoms with Gasteiger partial charge in [0.15, 0.2) is 4.34 Å². The lowest BCUT2D eigenvalue weighted by atomic mass is 11.3. The number of rotatable bonds is 3. The summed E-state index contributed by atoms with van der Waals surface area (Å²) in [6.07, 6.45) is 0. The summed E-state index contributed by atoms with van der Waals surface area (Å²) in [4.78, 5) is 9.46. The van der Waals surface area contributed by atoms with Crippen molar-refractivity contribution in [2.24, 2.45) is 0 Å². The lowest BCUT2D eigenvalue weighted by Gasteiger charge is -1.85. The molecular weight excluding hydrogens is 188 g/mol. The smallest absolute Gasteiger partial charge is 0.255 e. The molecule has 0 saturated carbocycles. The first kappa shape index (κ1) is 8.21. The highest BCUT2D eigenvalue weighted by atomic mass is 32.2. The fourth-order valence-corrected chi connectivity index (χ4v) is 1.69. The van der Waals surface area contributed by atoms with Crippen LogP contribution in [0.25, 0.3) is 0 Å². The molecule has 0 aliphatic heterocycles. The predicted octanol–water partition coefficient (Wildman–Crippen LogP) is 0.447. The number of thioether (sulfide) groups is 1. The minimum Gasteiger partial charge on any atom is -0.374 e. The predicted molar refractivity (Wildman–Crippen MR) is 42.0 cm³/mol. The van der Waals surface area contributed by atoms with Gasteiger partial charge in [-0.2, -0.15) is 0 Å². The Balaban J connectivity index is 2.45. The first-order chi connectivity index (χ1) is 5.18. The van der Waals surface area contributed by atoms with Crippen molar-refractivity contribution in [2.45, 2.75) is 4.34 Å². The van der Waals surface area contributed by atoms with Gasteiger partial charge in [-0.3, -0.25) is 10.1 Å². The number of anilines is 1. The maximum Gasteiger partial charge on any atom is 0.255 e. The Bertz CT molecular complexity index is 262. The largest absolute Gasteiger partial charge is 0.374 e. The average molecular weight is 192 g/mol. The molecule has 0 aliphatic rings. The highest BCUT2D eigenvalue weighted by Gasteiger charge is 2.05. The molecule has 0 atom stereocenters. The number of aromatic nitrogens is 2. The van der Waals surface area contributed by atoms with Gasteiger partial charge in [0.1, 0.15) is 0 Å². The SMILES string of the molecule is Nc1nnc(SC[N+](=O)[O-])s1. The van der Waals surface area contributed by atoms with E-state index in [2.05, 4.69) is 10.2 Å². The van der Waals surface area contributed by atoms with Gasteiger partial charge in [-0.05, 0) is 11.8 Å². The number of nitrogens with zero attached hydrogens (tertiary/aromatic N) is 3. The summed E-state index contributed by atoms with van der Waals surface area (Å²) in [7, 11) is 0. The van der Waals surface area contributed by atoms with Crippen molar-refractivity contribution in [3.8, 4) is 0 Å². The van der Waals surface area contributed by atoms with Crippen LogP contribution in [0.3, 0.4) is 0 Å². The quantitative estimate of drug-likeness (QED) is 0.323. The van der Waals surface area contributed by atoms with E-state index in [0.29, 0.717) is 9.47 Å². The topological polar surface area (TPSA) is 94.9 Å². The van der Waals surface area contributed by atoms with Crippen LogP contribution in [0.2, 0.25) is 0 Å². The molecule has 1 rings (SSSR count). The molecule has 1 aromatic rings. The molecule has 1 heterocycles. The minimum absolute atomic E-state index is 0.200. The normalized spacial score (nSPS) is 9.82. The maximum absolute atomic E-state index is 9.89. The van der Waals surface area contributed by atoms with Gasteiger partial charge in [0.2, 0.25) is 5.13 Å². The summed E-state index contributed by atoms with van der Waals surface area (Å²) < 4.78 is 0.527. The molecule has 0 aromatic carbocycles. The van der Waals surface area contributed by atoms with Crippen LogP contribution in [-0.2, 0) is 0 Å². The summed E-state index contributed by atoms with van der Waals surface area (Å²) in [5.41, 5.74) is 5.25. The second kappa shape index (κ2) is 3.49. The van der Waals surface area contributed by atoms with Crippen molar-refractivity contribution >= 4 is 28.2 Å². The van der Waals surface area contributed by atoms with E-state index in [1.165, 1.54) is 0 Å². The highest BCUT2D eigenvalue weighted by Crippen LogP contribution is 2.22. The molecule has 11 heavy (non-hydrogen) atoms. The third kappa shape index (κ3) is 2.68. The molecule has 0 saturated heterocycles. The average Bonchev–Trinajstić information content (AvgIpc) is 2.31. The van der Waals surface area contributed by atoms with E-state index in [-0.39, 0.29) is 5.88 Å². The number of nitro groups is 1. The first-order valence-corrected chi connectivity index (χ1v) is 4.32. The Labute approximate surface area is 70.0 Å². The van der Waals surface area contributed by atoms with Crippen LogP contribution in [0.1, 0.15) is 0 Å². The van der Waals surface area contributed by atoms with E-state index in [0.717, 1.165) is 23.1 Å². The molecule has 0 aliphatic carbocycles. The van der Waals surface area contributed by atoms with Crippen LogP contribution in [0.4, 0.5) is 5.13 Å². The summed E-state index contributed by atoms with van der Waals surface area (Å²) >= 11 is 2.16. The second-order valence-electron chi connectivity index (χ2n) is 1.51. The Kier molecular flexibility index (Phi) is 2.60. The van der Waals surface area contributed by atoms with Crippen LogP contribution in [-0.4, -0.2) is 21.0 Å². The zero-order valence-electron chi connectivity index (χ0n) is 5.26. The van der Waals surface area contributed by atoms with Crippen molar-refractivity contribution < 1.29 is 4.92 Å². The van der Waals surface area contributed by atoms with Gasteiger partial charge in [-0.15, -0.1) is 10.2 Å². The molecule has 1 aromatic heterocycles. The molecular formula is C3H4N4O2S2. The first-order valence-electron chi connectivity index (χ1n) is 2.52. The van der Waals surface area contributed by atoms with Crippen LogP contribution in [0, 0.1) is 10.1 Å². The molecule has 2 N–H and O–H groups in total. The summed E-state index contributed by atoms with van der Waals surface area (Å²) in [5.74, 6) is -0.200. The fraction of sp³-hybridized carbons (Fsp3) is 0.333. The molecule has 0 fully saturated rings. The number of nitrogen functional groups attached to an aromatic ring is 1. The van der Waals surface area contributed by atoms with Gasteiger partial charge in [0.05, 0.1) is 0 Å². The van der Waals surface area contributed by atoms with Gasteiger partial charge in [0.25, 0.3) is 5.88 Å². The zero-order chi connectivity index (χ0) is 8.27. The van der Waals surface area contributed by atoms with Crippen LogP contribution >= 0.6 is 23.1 Å². The Morgan fingerprint density at radius 1 is 1.73 bits per heavy atom. The van der Waals surface area contributed by atoms with Crippen molar-refractivity contribution in [3.05, 3.63) is 10.1 Å². The molecule has 0 unspecified atom stereocenters. The van der Waals surface area contributed by atoms with Crippen LogP contribution in [0.15, 0.2) is 4.34 Å². The Morgan fingerprint density at radius 2 is 2.45 bits per heavy atom. The van der Waals surface area contributed by atoms with E-state index < -0.39 is 4.92 Å². The molecule has 8 heteroatoms. The van der Waals surface area contributed by atoms with E-state index in [9.17, 15) is 10.1 Å². The zero-order valence-corrected chi connectivity index (χ0v) is 6.89. The summed E-state index contributed by atoms with van der Waals surface area (Å²) in [6, 6.07) is 0. The highest BCUT2D eigenvalue weighted by molar-refractivity contribution is 8.00. The number of hydrogen-bond acceptors (Lipinski definition) is 7. The van der Waals surface area contributed by atoms with Crippen molar-refractivity contribution in [3.63, 3.8) is 0 Å². The standard InChI is InChI=1S/C3H4N4O2S2/c4-2-5-6-3(11-2)10-1-7(8)9/h1H2,(H2,4,5). The van der Waals surface area contributed by atoms with Gasteiger partial charge in [-0.25, -0.2) is 0 Å². The fourth-order valence-electron chi connectivity index (χ4n) is 0.387. The third-order valence-corrected chi connectivity index (χ3v) is 2.53. The van der Waals surface area contributed by atoms with Gasteiger partial charge < -0.3 is 5.73 Å². The summed E-state index contributed by atoms with van der Waals surface area (Å²) in [5, 5.41) is 17.3. The van der Waals surface area contributed by atoms with Gasteiger partial charge in [0, 0.05) is 4.92 Å². The lowest BCUT2D eigenvalue weighted by Crippen LogP contribution is -1.94. The van der Waals surface area contributed by atoms with Gasteiger partial charge >= 0.3 is 0 Å². The Hall–Kier alpha value is -0.890. The van der Waals surface area contributed by atoms with Crippen LogP contribution in [0.5, 0.6) is 0 Å². The molecule has 0 spiro atoms. The monoisotopic (exact) mass is 192 g/mol. The summed E-state index contributed by atoms with van der Waals surface area (Å²) in [6.45, 7) is 0. The van der Waals surface area contributed by atoms with E-state index in [1.807, 2.05) is 0 Å². The molecule has 0 amide bonds. The molecule has 0 radical (unpaired) electrons. The molecule has 6 nitrogen and oxygen atoms in total. The number of hydrogen-bond donors (Lipinski definition) is 1. The van der Waals surface area contributed by atoms with E-state index >= 15 is 0 Å². The molecule has 60 valence electrons. The van der Waals surface area contributed by atoms with Crippen molar-refractivity contribution in [1.29, 1.82) is 0 Å². The maximum atomic E-state index is 9.89. The lowest BCUT2D eigenvalue weighted by molar-refractivity contribution is -0.456. The third-order valence-electron chi connectivity index (χ3n) is 0.716. The molecule has 0 bridgehead atoms. The Morgan fingerprint density at radius 3 is 2.91 bits per heavy atom. The van der Waals surface area contributed by atoms with Gasteiger partial charge in [-0.1, -0.05) is 11.3 Å². The van der Waals surface area contributed by atoms with Crippen molar-refractivity contribution in [2.75, 3.05) is 11.6 Å². The second-order valence-corrected chi connectivity index (χ2v) is 3.71. The van der Waals surface area contributed by atoms with E-state index in [1.54, 1.807) is 0 Å². The minimum atomic E-state index is -0.428. The number of nitrogens with two attached hydrogens (primary N) is 1. The van der Waals surface area contributed by atoms with Crippen molar-refractivity contribution in [1.82, 2.24) is 10.2 Å². The van der Waals surface area contributed by atoms with E-state index in [4.69, 9.17) is 5.73 Å². The van der Waals surface area contributed by atoms with Crippen LogP contribution < -0.4 is 5.73 Å².